The molecule has 0 saturated heterocycles. The molecule has 2 rings (SSSR count). The molecule has 18 heavy (non-hydrogen) atoms. The maximum absolute atomic E-state index is 11.8. The molecular formula is C11H13N5OS. The van der Waals surface area contributed by atoms with Gasteiger partial charge in [0.05, 0.1) is 23.6 Å². The summed E-state index contributed by atoms with van der Waals surface area (Å²) >= 11 is 1.55. The SMILES string of the molecule is CNc1cncc(C(=O)NCCc2cscn2)n1. The van der Waals surface area contributed by atoms with Crippen LogP contribution in [0.4, 0.5) is 5.82 Å². The molecule has 0 saturated carbocycles. The monoisotopic (exact) mass is 263 g/mol. The first kappa shape index (κ1) is 12.4. The second kappa shape index (κ2) is 6.06. The summed E-state index contributed by atoms with van der Waals surface area (Å²) in [5.41, 5.74) is 3.06. The van der Waals surface area contributed by atoms with E-state index >= 15 is 0 Å². The van der Waals surface area contributed by atoms with Crippen LogP contribution in [-0.2, 0) is 6.42 Å². The number of aromatic nitrogens is 3. The van der Waals surface area contributed by atoms with Gasteiger partial charge in [-0.2, -0.15) is 0 Å². The van der Waals surface area contributed by atoms with E-state index in [4.69, 9.17) is 0 Å². The van der Waals surface area contributed by atoms with Crippen molar-refractivity contribution in [3.05, 3.63) is 34.7 Å². The quantitative estimate of drug-likeness (QED) is 0.839. The fraction of sp³-hybridized carbons (Fsp3) is 0.273. The van der Waals surface area contributed by atoms with Gasteiger partial charge in [-0.25, -0.2) is 9.97 Å². The minimum Gasteiger partial charge on any atom is -0.372 e. The first-order chi connectivity index (χ1) is 8.79. The molecule has 1 amide bonds. The molecule has 0 radical (unpaired) electrons. The third kappa shape index (κ3) is 3.24. The van der Waals surface area contributed by atoms with E-state index in [1.807, 2.05) is 5.38 Å². The van der Waals surface area contributed by atoms with Crippen LogP contribution in [0.3, 0.4) is 0 Å². The maximum Gasteiger partial charge on any atom is 0.271 e. The van der Waals surface area contributed by atoms with Gasteiger partial charge in [0.2, 0.25) is 0 Å². The van der Waals surface area contributed by atoms with Crippen molar-refractivity contribution >= 4 is 23.1 Å². The second-order valence-electron chi connectivity index (χ2n) is 3.53. The summed E-state index contributed by atoms with van der Waals surface area (Å²) in [6.45, 7) is 0.536. The number of carbonyl (C=O) groups excluding carboxylic acids is 1. The third-order valence-electron chi connectivity index (χ3n) is 2.27. The molecule has 0 unspecified atom stereocenters. The zero-order valence-corrected chi connectivity index (χ0v) is 10.7. The lowest BCUT2D eigenvalue weighted by molar-refractivity contribution is 0.0949. The predicted octanol–water partition coefficient (Wildman–Crippen LogP) is 0.947. The van der Waals surface area contributed by atoms with Gasteiger partial charge in [-0.05, 0) is 0 Å². The van der Waals surface area contributed by atoms with Crippen molar-refractivity contribution in [3.8, 4) is 0 Å². The summed E-state index contributed by atoms with van der Waals surface area (Å²) in [6.07, 6.45) is 3.72. The van der Waals surface area contributed by atoms with Crippen molar-refractivity contribution in [3.63, 3.8) is 0 Å². The zero-order chi connectivity index (χ0) is 12.8. The molecule has 0 aliphatic rings. The molecular weight excluding hydrogens is 250 g/mol. The molecule has 0 aromatic carbocycles. The van der Waals surface area contributed by atoms with Crippen molar-refractivity contribution in [1.29, 1.82) is 0 Å². The van der Waals surface area contributed by atoms with Crippen molar-refractivity contribution in [1.82, 2.24) is 20.3 Å². The van der Waals surface area contributed by atoms with Gasteiger partial charge >= 0.3 is 0 Å². The van der Waals surface area contributed by atoms with Crippen LogP contribution in [0.2, 0.25) is 0 Å². The first-order valence-corrected chi connectivity index (χ1v) is 6.39. The van der Waals surface area contributed by atoms with Gasteiger partial charge in [0, 0.05) is 25.4 Å². The van der Waals surface area contributed by atoms with Crippen LogP contribution in [-0.4, -0.2) is 34.5 Å². The molecule has 2 N–H and O–H groups in total. The highest BCUT2D eigenvalue weighted by Crippen LogP contribution is 2.02. The molecule has 94 valence electrons. The summed E-state index contributed by atoms with van der Waals surface area (Å²) in [4.78, 5) is 24.0. The number of anilines is 1. The Morgan fingerprint density at radius 1 is 1.44 bits per heavy atom. The lowest BCUT2D eigenvalue weighted by Crippen LogP contribution is -2.26. The fourth-order valence-corrected chi connectivity index (χ4v) is 1.94. The van der Waals surface area contributed by atoms with Gasteiger partial charge in [-0.15, -0.1) is 11.3 Å². The van der Waals surface area contributed by atoms with E-state index in [-0.39, 0.29) is 5.91 Å². The van der Waals surface area contributed by atoms with E-state index in [2.05, 4.69) is 25.6 Å². The molecule has 2 heterocycles. The zero-order valence-electron chi connectivity index (χ0n) is 9.88. The summed E-state index contributed by atoms with van der Waals surface area (Å²) in [5.74, 6) is 0.344. The lowest BCUT2D eigenvalue weighted by Gasteiger charge is -2.04. The number of hydrogen-bond acceptors (Lipinski definition) is 6. The van der Waals surface area contributed by atoms with E-state index in [0.717, 1.165) is 5.69 Å². The largest absolute Gasteiger partial charge is 0.372 e. The molecule has 2 aromatic heterocycles. The smallest absolute Gasteiger partial charge is 0.271 e. The normalized spacial score (nSPS) is 10.1. The number of carbonyl (C=O) groups is 1. The molecule has 7 heteroatoms. The number of nitrogens with zero attached hydrogens (tertiary/aromatic N) is 3. The van der Waals surface area contributed by atoms with E-state index in [1.165, 1.54) is 6.20 Å². The van der Waals surface area contributed by atoms with Crippen molar-refractivity contribution in [2.75, 3.05) is 18.9 Å². The van der Waals surface area contributed by atoms with Gasteiger partial charge in [0.15, 0.2) is 0 Å². The summed E-state index contributed by atoms with van der Waals surface area (Å²) < 4.78 is 0. The summed E-state index contributed by atoms with van der Waals surface area (Å²) in [7, 11) is 1.73. The Morgan fingerprint density at radius 3 is 3.06 bits per heavy atom. The minimum absolute atomic E-state index is 0.227. The number of thiazole rings is 1. The van der Waals surface area contributed by atoms with Crippen LogP contribution in [0.1, 0.15) is 16.2 Å². The van der Waals surface area contributed by atoms with Crippen LogP contribution < -0.4 is 10.6 Å². The van der Waals surface area contributed by atoms with E-state index < -0.39 is 0 Å². The lowest BCUT2D eigenvalue weighted by atomic mass is 10.3. The number of hydrogen-bond donors (Lipinski definition) is 2. The highest BCUT2D eigenvalue weighted by atomic mass is 32.1. The van der Waals surface area contributed by atoms with E-state index in [9.17, 15) is 4.79 Å². The van der Waals surface area contributed by atoms with Gasteiger partial charge in [-0.3, -0.25) is 9.78 Å². The van der Waals surface area contributed by atoms with Crippen molar-refractivity contribution in [2.45, 2.75) is 6.42 Å². The van der Waals surface area contributed by atoms with Gasteiger partial charge < -0.3 is 10.6 Å². The highest BCUT2D eigenvalue weighted by molar-refractivity contribution is 7.07. The number of nitrogens with one attached hydrogen (secondary N) is 2. The Kier molecular flexibility index (Phi) is 4.19. The van der Waals surface area contributed by atoms with Gasteiger partial charge in [-0.1, -0.05) is 0 Å². The third-order valence-corrected chi connectivity index (χ3v) is 2.91. The Bertz CT molecular complexity index is 514. The number of amides is 1. The number of rotatable bonds is 5. The Hall–Kier alpha value is -2.02. The highest BCUT2D eigenvalue weighted by Gasteiger charge is 2.07. The van der Waals surface area contributed by atoms with Crippen LogP contribution in [0, 0.1) is 0 Å². The molecule has 0 atom stereocenters. The maximum atomic E-state index is 11.8. The average Bonchev–Trinajstić information content (AvgIpc) is 2.92. The Balaban J connectivity index is 1.87. The van der Waals surface area contributed by atoms with E-state index in [0.29, 0.717) is 24.5 Å². The second-order valence-corrected chi connectivity index (χ2v) is 4.24. The molecule has 0 bridgehead atoms. The average molecular weight is 263 g/mol. The minimum atomic E-state index is -0.227. The molecule has 6 nitrogen and oxygen atoms in total. The molecule has 0 aliphatic carbocycles. The summed E-state index contributed by atoms with van der Waals surface area (Å²) in [6, 6.07) is 0. The van der Waals surface area contributed by atoms with Crippen LogP contribution in [0.15, 0.2) is 23.3 Å². The van der Waals surface area contributed by atoms with Crippen LogP contribution in [0.5, 0.6) is 0 Å². The first-order valence-electron chi connectivity index (χ1n) is 5.44. The topological polar surface area (TPSA) is 79.8 Å². The molecule has 2 aromatic rings. The van der Waals surface area contributed by atoms with Crippen LogP contribution in [0.25, 0.3) is 0 Å². The molecule has 0 spiro atoms. The predicted molar refractivity (Wildman–Crippen MR) is 69.7 cm³/mol. The molecule has 0 fully saturated rings. The molecule has 0 aliphatic heterocycles. The van der Waals surface area contributed by atoms with Crippen LogP contribution >= 0.6 is 11.3 Å². The van der Waals surface area contributed by atoms with Crippen molar-refractivity contribution in [2.24, 2.45) is 0 Å². The Morgan fingerprint density at radius 2 is 2.33 bits per heavy atom. The fourth-order valence-electron chi connectivity index (χ4n) is 1.35. The summed E-state index contributed by atoms with van der Waals surface area (Å²) in [5, 5.41) is 7.59. The van der Waals surface area contributed by atoms with Gasteiger partial charge in [0.1, 0.15) is 11.5 Å². The van der Waals surface area contributed by atoms with Gasteiger partial charge in [0.25, 0.3) is 5.91 Å². The van der Waals surface area contributed by atoms with E-state index in [1.54, 1.807) is 30.1 Å². The Labute approximate surface area is 109 Å². The van der Waals surface area contributed by atoms with Crippen molar-refractivity contribution < 1.29 is 4.79 Å². The standard InChI is InChI=1S/C11H13N5OS/c1-12-10-5-13-4-9(16-10)11(17)14-3-2-8-6-18-7-15-8/h4-7H,2-3H2,1H3,(H,12,16)(H,14,17).